The highest BCUT2D eigenvalue weighted by Gasteiger charge is 2.33. The molecule has 3 rings (SSSR count). The van der Waals surface area contributed by atoms with Crippen LogP contribution in [0, 0.1) is 19.7 Å². The average Bonchev–Trinajstić information content (AvgIpc) is 2.93. The maximum Gasteiger partial charge on any atom is 0.264 e. The van der Waals surface area contributed by atoms with Crippen LogP contribution in [0.4, 0.5) is 10.1 Å². The van der Waals surface area contributed by atoms with Crippen molar-refractivity contribution in [2.24, 2.45) is 0 Å². The third-order valence-electron chi connectivity index (χ3n) is 6.72. The number of aryl methyl sites for hydroxylation is 1. The lowest BCUT2D eigenvalue weighted by Crippen LogP contribution is -2.51. The number of benzene rings is 3. The van der Waals surface area contributed by atoms with Crippen molar-refractivity contribution >= 4 is 27.5 Å². The number of unbranched alkanes of at least 4 members (excludes halogenated alkanes) is 1. The number of halogens is 1. The highest BCUT2D eigenvalue weighted by atomic mass is 32.2. The van der Waals surface area contributed by atoms with Crippen LogP contribution in [0.3, 0.4) is 0 Å². The molecule has 0 fully saturated rings. The molecule has 0 aromatic heterocycles. The van der Waals surface area contributed by atoms with E-state index < -0.39 is 34.3 Å². The van der Waals surface area contributed by atoms with Gasteiger partial charge in [-0.05, 0) is 74.2 Å². The predicted octanol–water partition coefficient (Wildman–Crippen LogP) is 4.97. The molecule has 0 unspecified atom stereocenters. The number of hydrogen-bond donors (Lipinski definition) is 1. The van der Waals surface area contributed by atoms with Crippen molar-refractivity contribution in [3.8, 4) is 0 Å². The Kier molecular flexibility index (Phi) is 10.2. The van der Waals surface area contributed by atoms with E-state index in [4.69, 9.17) is 0 Å². The molecule has 3 aromatic carbocycles. The first-order valence-corrected chi connectivity index (χ1v) is 14.5. The summed E-state index contributed by atoms with van der Waals surface area (Å²) in [6.45, 7) is 7.25. The van der Waals surface area contributed by atoms with Gasteiger partial charge in [-0.15, -0.1) is 0 Å². The van der Waals surface area contributed by atoms with E-state index in [1.165, 1.54) is 29.2 Å². The molecule has 0 aliphatic carbocycles. The van der Waals surface area contributed by atoms with Crippen LogP contribution in [-0.4, -0.2) is 44.3 Å². The Labute approximate surface area is 230 Å². The number of nitrogens with zero attached hydrogens (tertiary/aromatic N) is 2. The smallest absolute Gasteiger partial charge is 0.264 e. The van der Waals surface area contributed by atoms with E-state index >= 15 is 0 Å². The van der Waals surface area contributed by atoms with Gasteiger partial charge in [-0.3, -0.25) is 13.9 Å². The largest absolute Gasteiger partial charge is 0.354 e. The zero-order chi connectivity index (χ0) is 28.6. The number of rotatable bonds is 12. The van der Waals surface area contributed by atoms with Crippen molar-refractivity contribution in [1.29, 1.82) is 0 Å². The maximum atomic E-state index is 13.9. The quantitative estimate of drug-likeness (QED) is 0.321. The van der Waals surface area contributed by atoms with Crippen LogP contribution >= 0.6 is 0 Å². The van der Waals surface area contributed by atoms with Gasteiger partial charge in [0, 0.05) is 13.1 Å². The number of carbonyl (C=O) groups is 2. The molecular weight excluding hydrogens is 517 g/mol. The van der Waals surface area contributed by atoms with E-state index in [1.807, 2.05) is 26.8 Å². The van der Waals surface area contributed by atoms with Crippen molar-refractivity contribution in [2.75, 3.05) is 17.4 Å². The fourth-order valence-corrected chi connectivity index (χ4v) is 5.64. The predicted molar refractivity (Wildman–Crippen MR) is 151 cm³/mol. The molecule has 0 bridgehead atoms. The molecule has 1 N–H and O–H groups in total. The Balaban J connectivity index is 2.02. The van der Waals surface area contributed by atoms with Gasteiger partial charge in [0.05, 0.1) is 10.6 Å². The molecule has 2 amide bonds. The van der Waals surface area contributed by atoms with E-state index in [-0.39, 0.29) is 17.3 Å². The number of sulfonamides is 1. The lowest BCUT2D eigenvalue weighted by molar-refractivity contribution is -0.139. The molecular formula is C30H36FN3O4S. The summed E-state index contributed by atoms with van der Waals surface area (Å²) in [5.41, 5.74) is 2.59. The van der Waals surface area contributed by atoms with Crippen LogP contribution in [0.2, 0.25) is 0 Å². The topological polar surface area (TPSA) is 86.8 Å². The van der Waals surface area contributed by atoms with Gasteiger partial charge in [-0.25, -0.2) is 12.8 Å². The second-order valence-electron chi connectivity index (χ2n) is 9.51. The van der Waals surface area contributed by atoms with E-state index in [9.17, 15) is 22.4 Å². The summed E-state index contributed by atoms with van der Waals surface area (Å²) in [7, 11) is -4.13. The number of hydrogen-bond acceptors (Lipinski definition) is 4. The second kappa shape index (κ2) is 13.4. The third kappa shape index (κ3) is 7.44. The fourth-order valence-electron chi connectivity index (χ4n) is 4.14. The Bertz CT molecular complexity index is 1380. The molecule has 9 heteroatoms. The van der Waals surface area contributed by atoms with Crippen LogP contribution in [0.5, 0.6) is 0 Å². The Morgan fingerprint density at radius 2 is 1.62 bits per heavy atom. The lowest BCUT2D eigenvalue weighted by Gasteiger charge is -2.32. The van der Waals surface area contributed by atoms with Gasteiger partial charge in [0.2, 0.25) is 11.8 Å². The number of anilines is 1. The van der Waals surface area contributed by atoms with Crippen molar-refractivity contribution in [2.45, 2.75) is 58.0 Å². The molecule has 0 aliphatic heterocycles. The Morgan fingerprint density at radius 1 is 0.949 bits per heavy atom. The number of amides is 2. The molecule has 0 aliphatic rings. The van der Waals surface area contributed by atoms with Gasteiger partial charge in [0.25, 0.3) is 10.0 Å². The maximum absolute atomic E-state index is 13.9. The minimum atomic E-state index is -4.13. The Hall–Kier alpha value is -3.72. The highest BCUT2D eigenvalue weighted by Crippen LogP contribution is 2.29. The fraction of sp³-hybridized carbons (Fsp3) is 0.333. The first-order valence-electron chi connectivity index (χ1n) is 13.0. The van der Waals surface area contributed by atoms with Crippen molar-refractivity contribution < 1.29 is 22.4 Å². The molecule has 0 heterocycles. The molecule has 0 saturated heterocycles. The standard InChI is InChI=1S/C30H36FN3O4S/c1-5-6-19-32-30(36)24(4)33(20-25-15-17-26(31)18-16-25)29(35)21-34(28-14-10-11-22(2)23(28)3)39(37,38)27-12-8-7-9-13-27/h7-18,24H,5-6,19-21H2,1-4H3,(H,32,36)/t24-/m0/s1. The van der Waals surface area contributed by atoms with Crippen molar-refractivity contribution in [3.63, 3.8) is 0 Å². The van der Waals surface area contributed by atoms with Crippen LogP contribution in [0.25, 0.3) is 0 Å². The van der Waals surface area contributed by atoms with Crippen LogP contribution in [0.1, 0.15) is 43.4 Å². The summed E-state index contributed by atoms with van der Waals surface area (Å²) in [6, 6.07) is 18.0. The highest BCUT2D eigenvalue weighted by molar-refractivity contribution is 7.92. The van der Waals surface area contributed by atoms with Gasteiger partial charge in [-0.1, -0.05) is 55.8 Å². The molecule has 1 atom stereocenters. The first kappa shape index (κ1) is 29.8. The minimum absolute atomic E-state index is 0.00744. The third-order valence-corrected chi connectivity index (χ3v) is 8.49. The molecule has 0 spiro atoms. The molecule has 39 heavy (non-hydrogen) atoms. The SMILES string of the molecule is CCCCNC(=O)[C@H](C)N(Cc1ccc(F)cc1)C(=O)CN(c1cccc(C)c1C)S(=O)(=O)c1ccccc1. The van der Waals surface area contributed by atoms with Crippen molar-refractivity contribution in [3.05, 3.63) is 95.3 Å². The first-order chi connectivity index (χ1) is 18.6. The van der Waals surface area contributed by atoms with Crippen LogP contribution < -0.4 is 9.62 Å². The molecule has 208 valence electrons. The van der Waals surface area contributed by atoms with E-state index in [0.29, 0.717) is 17.8 Å². The summed E-state index contributed by atoms with van der Waals surface area (Å²) in [5, 5.41) is 2.85. The van der Waals surface area contributed by atoms with Crippen molar-refractivity contribution in [1.82, 2.24) is 10.2 Å². The summed E-state index contributed by atoms with van der Waals surface area (Å²) >= 11 is 0. The minimum Gasteiger partial charge on any atom is -0.354 e. The van der Waals surface area contributed by atoms with Crippen LogP contribution in [-0.2, 0) is 26.2 Å². The van der Waals surface area contributed by atoms with Gasteiger partial charge >= 0.3 is 0 Å². The number of carbonyl (C=O) groups excluding carboxylic acids is 2. The summed E-state index contributed by atoms with van der Waals surface area (Å²) < 4.78 is 42.4. The van der Waals surface area contributed by atoms with E-state index in [2.05, 4.69) is 5.32 Å². The Morgan fingerprint density at radius 3 is 2.26 bits per heavy atom. The van der Waals surface area contributed by atoms with Gasteiger partial charge in [0.15, 0.2) is 0 Å². The normalized spacial score (nSPS) is 12.0. The van der Waals surface area contributed by atoms with Gasteiger partial charge < -0.3 is 10.2 Å². The summed E-state index contributed by atoms with van der Waals surface area (Å²) in [5.74, 6) is -1.32. The monoisotopic (exact) mass is 553 g/mol. The van der Waals surface area contributed by atoms with Gasteiger partial charge in [0.1, 0.15) is 18.4 Å². The molecule has 0 saturated carbocycles. The zero-order valence-corrected chi connectivity index (χ0v) is 23.7. The lowest BCUT2D eigenvalue weighted by atomic mass is 10.1. The van der Waals surface area contributed by atoms with E-state index in [0.717, 1.165) is 28.3 Å². The summed E-state index contributed by atoms with van der Waals surface area (Å²) in [6.07, 6.45) is 1.69. The zero-order valence-electron chi connectivity index (χ0n) is 22.9. The molecule has 0 radical (unpaired) electrons. The number of nitrogens with one attached hydrogen (secondary N) is 1. The summed E-state index contributed by atoms with van der Waals surface area (Å²) in [4.78, 5) is 28.3. The molecule has 7 nitrogen and oxygen atoms in total. The molecule has 3 aromatic rings. The average molecular weight is 554 g/mol. The van der Waals surface area contributed by atoms with Crippen LogP contribution in [0.15, 0.2) is 77.7 Å². The van der Waals surface area contributed by atoms with E-state index in [1.54, 1.807) is 49.4 Å². The van der Waals surface area contributed by atoms with Gasteiger partial charge in [-0.2, -0.15) is 0 Å². The second-order valence-corrected chi connectivity index (χ2v) is 11.4.